The largest absolute Gasteiger partial charge is 0.385 e. The molecule has 2 unspecified atom stereocenters. The Labute approximate surface area is 93.6 Å². The molecule has 0 saturated carbocycles. The molecule has 1 aromatic rings. The fourth-order valence-corrected chi connectivity index (χ4v) is 1.55. The molecule has 0 aromatic heterocycles. The molecule has 1 rings (SSSR count). The smallest absolute Gasteiger partial charge is 0.249 e. The van der Waals surface area contributed by atoms with Gasteiger partial charge in [-0.3, -0.25) is 4.79 Å². The quantitative estimate of drug-likeness (QED) is 0.751. The van der Waals surface area contributed by atoms with Gasteiger partial charge in [0.1, 0.15) is 11.9 Å². The van der Waals surface area contributed by atoms with Crippen molar-refractivity contribution >= 4 is 21.8 Å². The molecule has 4 nitrogen and oxygen atoms in total. The summed E-state index contributed by atoms with van der Waals surface area (Å²) >= 11 is 3.06. The molecule has 0 bridgehead atoms. The van der Waals surface area contributed by atoms with E-state index in [1.54, 1.807) is 0 Å². The van der Waals surface area contributed by atoms with Crippen molar-refractivity contribution in [3.05, 3.63) is 34.1 Å². The summed E-state index contributed by atoms with van der Waals surface area (Å²) in [5, 5.41) is 18.7. The maximum atomic E-state index is 12.8. The number of primary amides is 1. The SMILES string of the molecule is NC(=O)C(O)C(O)c1cc(F)ccc1Br. The fraction of sp³-hybridized carbons (Fsp3) is 0.222. The molecule has 0 aliphatic heterocycles. The molecule has 4 N–H and O–H groups in total. The molecule has 2 atom stereocenters. The first-order valence-corrected chi connectivity index (χ1v) is 4.83. The number of carbonyl (C=O) groups is 1. The van der Waals surface area contributed by atoms with Crippen molar-refractivity contribution in [2.24, 2.45) is 5.73 Å². The van der Waals surface area contributed by atoms with E-state index >= 15 is 0 Å². The van der Waals surface area contributed by atoms with Crippen LogP contribution in [0.15, 0.2) is 22.7 Å². The third-order valence-electron chi connectivity index (χ3n) is 1.87. The summed E-state index contributed by atoms with van der Waals surface area (Å²) in [7, 11) is 0. The minimum Gasteiger partial charge on any atom is -0.385 e. The number of aliphatic hydroxyl groups excluding tert-OH is 2. The Morgan fingerprint density at radius 3 is 2.60 bits per heavy atom. The van der Waals surface area contributed by atoms with E-state index in [1.165, 1.54) is 12.1 Å². The highest BCUT2D eigenvalue weighted by molar-refractivity contribution is 9.10. The lowest BCUT2D eigenvalue weighted by molar-refractivity contribution is -0.132. The van der Waals surface area contributed by atoms with Crippen molar-refractivity contribution in [1.29, 1.82) is 0 Å². The van der Waals surface area contributed by atoms with Gasteiger partial charge in [-0.25, -0.2) is 4.39 Å². The van der Waals surface area contributed by atoms with Gasteiger partial charge in [-0.1, -0.05) is 15.9 Å². The van der Waals surface area contributed by atoms with Crippen LogP contribution in [0.4, 0.5) is 4.39 Å². The molecule has 0 heterocycles. The normalized spacial score (nSPS) is 14.7. The molecule has 6 heteroatoms. The van der Waals surface area contributed by atoms with Gasteiger partial charge >= 0.3 is 0 Å². The molecule has 0 aliphatic carbocycles. The molecule has 0 radical (unpaired) electrons. The lowest BCUT2D eigenvalue weighted by Gasteiger charge is -2.16. The molecular weight excluding hydrogens is 269 g/mol. The van der Waals surface area contributed by atoms with E-state index < -0.39 is 23.9 Å². The third kappa shape index (κ3) is 2.74. The number of benzene rings is 1. The minimum atomic E-state index is -1.76. The van der Waals surface area contributed by atoms with Crippen LogP contribution in [-0.4, -0.2) is 22.2 Å². The second kappa shape index (κ2) is 4.69. The van der Waals surface area contributed by atoms with Crippen molar-refractivity contribution in [2.75, 3.05) is 0 Å². The van der Waals surface area contributed by atoms with E-state index in [4.69, 9.17) is 5.73 Å². The van der Waals surface area contributed by atoms with Crippen LogP contribution in [0.1, 0.15) is 11.7 Å². The van der Waals surface area contributed by atoms with Gasteiger partial charge in [0.2, 0.25) is 5.91 Å². The first kappa shape index (κ1) is 12.1. The van der Waals surface area contributed by atoms with Gasteiger partial charge in [-0.2, -0.15) is 0 Å². The number of carbonyl (C=O) groups excluding carboxylic acids is 1. The van der Waals surface area contributed by atoms with Crippen LogP contribution in [0, 0.1) is 5.82 Å². The number of hydrogen-bond donors (Lipinski definition) is 3. The molecule has 1 aromatic carbocycles. The van der Waals surface area contributed by atoms with E-state index in [2.05, 4.69) is 15.9 Å². The topological polar surface area (TPSA) is 83.6 Å². The van der Waals surface area contributed by atoms with Crippen LogP contribution >= 0.6 is 15.9 Å². The molecule has 0 spiro atoms. The summed E-state index contributed by atoms with van der Waals surface area (Å²) in [6.07, 6.45) is -3.31. The van der Waals surface area contributed by atoms with E-state index in [9.17, 15) is 19.4 Å². The number of hydrogen-bond acceptors (Lipinski definition) is 3. The zero-order chi connectivity index (χ0) is 11.6. The number of nitrogens with two attached hydrogens (primary N) is 1. The highest BCUT2D eigenvalue weighted by Crippen LogP contribution is 2.26. The minimum absolute atomic E-state index is 0.0706. The van der Waals surface area contributed by atoms with Gasteiger partial charge in [-0.05, 0) is 18.2 Å². The summed E-state index contributed by atoms with van der Waals surface area (Å²) < 4.78 is 13.2. The first-order valence-electron chi connectivity index (χ1n) is 4.04. The van der Waals surface area contributed by atoms with Crippen LogP contribution in [0.2, 0.25) is 0 Å². The van der Waals surface area contributed by atoms with Crippen molar-refractivity contribution in [2.45, 2.75) is 12.2 Å². The zero-order valence-electron chi connectivity index (χ0n) is 7.52. The Morgan fingerprint density at radius 1 is 1.47 bits per heavy atom. The molecule has 0 aliphatic rings. The predicted octanol–water partition coefficient (Wildman–Crippen LogP) is 0.468. The number of aliphatic hydroxyl groups is 2. The molecule has 82 valence electrons. The van der Waals surface area contributed by atoms with E-state index in [1.807, 2.05) is 0 Å². The lowest BCUT2D eigenvalue weighted by atomic mass is 10.0. The Bertz CT molecular complexity index is 386. The average molecular weight is 278 g/mol. The van der Waals surface area contributed by atoms with Crippen LogP contribution < -0.4 is 5.73 Å². The van der Waals surface area contributed by atoms with Crippen molar-refractivity contribution < 1.29 is 19.4 Å². The fourth-order valence-electron chi connectivity index (χ4n) is 1.07. The molecule has 1 amide bonds. The molecule has 0 fully saturated rings. The molecule has 0 saturated heterocycles. The lowest BCUT2D eigenvalue weighted by Crippen LogP contribution is -2.34. The number of rotatable bonds is 3. The van der Waals surface area contributed by atoms with Crippen molar-refractivity contribution in [3.63, 3.8) is 0 Å². The second-order valence-electron chi connectivity index (χ2n) is 2.96. The molecule has 15 heavy (non-hydrogen) atoms. The van der Waals surface area contributed by atoms with Gasteiger partial charge in [0.05, 0.1) is 0 Å². The summed E-state index contributed by atoms with van der Waals surface area (Å²) in [6.45, 7) is 0. The summed E-state index contributed by atoms with van der Waals surface area (Å²) in [5.41, 5.74) is 4.88. The van der Waals surface area contributed by atoms with Crippen molar-refractivity contribution in [1.82, 2.24) is 0 Å². The maximum absolute atomic E-state index is 12.8. The van der Waals surface area contributed by atoms with Crippen LogP contribution in [0.5, 0.6) is 0 Å². The Kier molecular flexibility index (Phi) is 3.78. The first-order chi connectivity index (χ1) is 6.93. The maximum Gasteiger partial charge on any atom is 0.249 e. The van der Waals surface area contributed by atoms with Crippen LogP contribution in [-0.2, 0) is 4.79 Å². The van der Waals surface area contributed by atoms with Crippen LogP contribution in [0.3, 0.4) is 0 Å². The summed E-state index contributed by atoms with van der Waals surface area (Å²) in [4.78, 5) is 10.6. The highest BCUT2D eigenvalue weighted by Gasteiger charge is 2.25. The molecular formula is C9H9BrFNO3. The predicted molar refractivity (Wildman–Crippen MR) is 54.3 cm³/mol. The Balaban J connectivity index is 3.04. The van der Waals surface area contributed by atoms with E-state index in [0.717, 1.165) is 6.07 Å². The summed E-state index contributed by atoms with van der Waals surface area (Å²) in [6, 6.07) is 3.56. The van der Waals surface area contributed by atoms with Gasteiger partial charge in [0.15, 0.2) is 6.10 Å². The number of amides is 1. The number of halogens is 2. The standard InChI is InChI=1S/C9H9BrFNO3/c10-6-2-1-4(11)3-5(6)7(13)8(14)9(12)15/h1-3,7-8,13-14H,(H2,12,15). The third-order valence-corrected chi connectivity index (χ3v) is 2.59. The second-order valence-corrected chi connectivity index (χ2v) is 3.81. The van der Waals surface area contributed by atoms with E-state index in [-0.39, 0.29) is 5.56 Å². The highest BCUT2D eigenvalue weighted by atomic mass is 79.9. The van der Waals surface area contributed by atoms with Gasteiger partial charge in [-0.15, -0.1) is 0 Å². The van der Waals surface area contributed by atoms with Crippen molar-refractivity contribution in [3.8, 4) is 0 Å². The van der Waals surface area contributed by atoms with Gasteiger partial charge < -0.3 is 15.9 Å². The average Bonchev–Trinajstić information content (AvgIpc) is 2.19. The monoisotopic (exact) mass is 277 g/mol. The zero-order valence-corrected chi connectivity index (χ0v) is 9.11. The van der Waals surface area contributed by atoms with Crippen LogP contribution in [0.25, 0.3) is 0 Å². The summed E-state index contributed by atoms with van der Waals surface area (Å²) in [5.74, 6) is -1.65. The Hall–Kier alpha value is -0.980. The van der Waals surface area contributed by atoms with E-state index in [0.29, 0.717) is 4.47 Å². The Morgan fingerprint density at radius 2 is 2.07 bits per heavy atom. The van der Waals surface area contributed by atoms with Gasteiger partial charge in [0.25, 0.3) is 0 Å². The van der Waals surface area contributed by atoms with Gasteiger partial charge in [0, 0.05) is 10.0 Å².